The summed E-state index contributed by atoms with van der Waals surface area (Å²) in [6, 6.07) is 61.3. The van der Waals surface area contributed by atoms with E-state index in [0.29, 0.717) is 11.4 Å². The monoisotopic (exact) mass is 917 g/mol. The molecule has 0 fully saturated rings. The van der Waals surface area contributed by atoms with Gasteiger partial charge < -0.3 is 9.52 Å². The van der Waals surface area contributed by atoms with Crippen molar-refractivity contribution in [2.75, 3.05) is 0 Å². The van der Waals surface area contributed by atoms with Crippen LogP contribution in [0.25, 0.3) is 83.6 Å². The molecule has 7 aromatic carbocycles. The minimum Gasteiger partial charge on any atom is -0.507 e. The second kappa shape index (κ2) is 14.5. The molecule has 0 spiro atoms. The number of pyridine rings is 1. The first-order chi connectivity index (χ1) is 27.4. The molecule has 10 rings (SSSR count). The first-order valence-electron chi connectivity index (χ1n) is 18.8. The van der Waals surface area contributed by atoms with Crippen molar-refractivity contribution < 1.29 is 30.6 Å². The van der Waals surface area contributed by atoms with Crippen LogP contribution in [-0.4, -0.2) is 19.6 Å². The van der Waals surface area contributed by atoms with Crippen LogP contribution in [0, 0.1) is 6.07 Å². The number of para-hydroxylation sites is 4. The van der Waals surface area contributed by atoms with Gasteiger partial charge in [0.15, 0.2) is 0 Å². The zero-order valence-electron chi connectivity index (χ0n) is 31.3. The number of benzene rings is 7. The van der Waals surface area contributed by atoms with Crippen LogP contribution in [0.2, 0.25) is 0 Å². The Morgan fingerprint density at radius 2 is 1.26 bits per heavy atom. The van der Waals surface area contributed by atoms with E-state index in [-0.39, 0.29) is 32.2 Å². The van der Waals surface area contributed by atoms with Crippen molar-refractivity contribution in [3.05, 3.63) is 193 Å². The first-order valence-corrected chi connectivity index (χ1v) is 18.8. The standard InChI is InChI=1S/C51H36N3O2.Pt/c1-51(2,36-18-7-4-8-19-36)37-29-34(28-35(30-37)43-31-48-42(32-52-43)40-21-11-14-27-47(40)56-48)39-23-15-25-45-49(39)53-50(41-22-10-13-26-46(41)55)54(45)44-24-12-9-20-38(44)33-16-5-3-6-17-33;/h3-27,29-32,55H,1-2H3;/q-1;. The SMILES string of the molecule is CC(C)(c1ccccc1)c1cc(-c2cc3oc4ccccc4c3cn2)[c-]c(-c2cccc3c2nc(-c2ccccc2O)n3-c2ccccc2-c2ccccc2)c1.[Pt]. The Morgan fingerprint density at radius 3 is 2.07 bits per heavy atom. The fourth-order valence-electron chi connectivity index (χ4n) is 7.94. The summed E-state index contributed by atoms with van der Waals surface area (Å²) < 4.78 is 8.49. The summed E-state index contributed by atoms with van der Waals surface area (Å²) in [5.41, 5.74) is 12.5. The molecule has 0 unspecified atom stereocenters. The van der Waals surface area contributed by atoms with Crippen molar-refractivity contribution in [1.82, 2.24) is 14.5 Å². The van der Waals surface area contributed by atoms with E-state index in [1.54, 1.807) is 6.07 Å². The summed E-state index contributed by atoms with van der Waals surface area (Å²) in [4.78, 5) is 10.4. The maximum absolute atomic E-state index is 11.3. The molecule has 0 saturated carbocycles. The van der Waals surface area contributed by atoms with Crippen LogP contribution >= 0.6 is 0 Å². The third-order valence-corrected chi connectivity index (χ3v) is 11.0. The number of phenols is 1. The van der Waals surface area contributed by atoms with Gasteiger partial charge in [-0.05, 0) is 47.5 Å². The third-order valence-electron chi connectivity index (χ3n) is 11.0. The van der Waals surface area contributed by atoms with Gasteiger partial charge in [-0.1, -0.05) is 146 Å². The summed E-state index contributed by atoms with van der Waals surface area (Å²) in [5.74, 6) is 0.808. The number of fused-ring (bicyclic) bond motifs is 4. The molecule has 0 saturated heterocycles. The van der Waals surface area contributed by atoms with E-state index in [4.69, 9.17) is 14.4 Å². The van der Waals surface area contributed by atoms with Crippen molar-refractivity contribution in [1.29, 1.82) is 0 Å². The van der Waals surface area contributed by atoms with E-state index in [2.05, 4.69) is 134 Å². The van der Waals surface area contributed by atoms with Crippen LogP contribution < -0.4 is 0 Å². The number of nitrogens with zero attached hydrogens (tertiary/aromatic N) is 3. The Morgan fingerprint density at radius 1 is 0.596 bits per heavy atom. The predicted octanol–water partition coefficient (Wildman–Crippen LogP) is 12.8. The molecule has 0 amide bonds. The summed E-state index contributed by atoms with van der Waals surface area (Å²) in [6.07, 6.45) is 1.91. The zero-order chi connectivity index (χ0) is 37.8. The average Bonchev–Trinajstić information content (AvgIpc) is 3.83. The van der Waals surface area contributed by atoms with Crippen LogP contribution in [0.1, 0.15) is 25.0 Å². The van der Waals surface area contributed by atoms with E-state index in [1.165, 1.54) is 5.56 Å². The van der Waals surface area contributed by atoms with Crippen LogP contribution in [0.4, 0.5) is 0 Å². The number of rotatable bonds is 7. The molecule has 10 aromatic rings. The number of imidazole rings is 1. The smallest absolute Gasteiger partial charge is 0.148 e. The molecule has 6 heteroatoms. The summed E-state index contributed by atoms with van der Waals surface area (Å²) in [5, 5.41) is 13.3. The second-order valence-electron chi connectivity index (χ2n) is 14.7. The van der Waals surface area contributed by atoms with E-state index < -0.39 is 0 Å². The fourth-order valence-corrected chi connectivity index (χ4v) is 7.94. The summed E-state index contributed by atoms with van der Waals surface area (Å²) in [7, 11) is 0. The number of hydrogen-bond donors (Lipinski definition) is 1. The molecule has 3 aromatic heterocycles. The van der Waals surface area contributed by atoms with E-state index >= 15 is 0 Å². The number of furan rings is 1. The average molecular weight is 918 g/mol. The minimum atomic E-state index is -0.355. The van der Waals surface area contributed by atoms with Crippen LogP contribution in [0.5, 0.6) is 5.75 Å². The van der Waals surface area contributed by atoms with Gasteiger partial charge in [-0.3, -0.25) is 9.55 Å². The van der Waals surface area contributed by atoms with Crippen molar-refractivity contribution in [2.24, 2.45) is 0 Å². The molecule has 3 heterocycles. The molecule has 278 valence electrons. The molecule has 0 radical (unpaired) electrons. The van der Waals surface area contributed by atoms with Crippen molar-refractivity contribution >= 4 is 33.0 Å². The Bertz CT molecular complexity index is 3070. The Labute approximate surface area is 345 Å². The van der Waals surface area contributed by atoms with Gasteiger partial charge in [0.25, 0.3) is 0 Å². The largest absolute Gasteiger partial charge is 0.507 e. The fraction of sp³-hybridized carbons (Fsp3) is 0.0588. The maximum Gasteiger partial charge on any atom is 0.148 e. The van der Waals surface area contributed by atoms with Crippen LogP contribution in [-0.2, 0) is 26.5 Å². The van der Waals surface area contributed by atoms with E-state index in [1.807, 2.05) is 60.8 Å². The summed E-state index contributed by atoms with van der Waals surface area (Å²) >= 11 is 0. The molecule has 0 aliphatic rings. The van der Waals surface area contributed by atoms with Gasteiger partial charge in [0.1, 0.15) is 22.7 Å². The Hall–Kier alpha value is -6.55. The van der Waals surface area contributed by atoms with Crippen molar-refractivity contribution in [2.45, 2.75) is 19.3 Å². The zero-order valence-corrected chi connectivity index (χ0v) is 33.5. The van der Waals surface area contributed by atoms with E-state index in [0.717, 1.165) is 77.7 Å². The van der Waals surface area contributed by atoms with Gasteiger partial charge in [-0.25, -0.2) is 4.98 Å². The predicted molar refractivity (Wildman–Crippen MR) is 227 cm³/mol. The minimum absolute atomic E-state index is 0. The third kappa shape index (κ3) is 6.25. The van der Waals surface area contributed by atoms with Gasteiger partial charge in [0, 0.05) is 54.7 Å². The van der Waals surface area contributed by atoms with Gasteiger partial charge in [-0.15, -0.1) is 29.3 Å². The molecular formula is C51H36N3O2Pt-. The van der Waals surface area contributed by atoms with Gasteiger partial charge >= 0.3 is 0 Å². The van der Waals surface area contributed by atoms with E-state index in [9.17, 15) is 5.11 Å². The number of aromatic hydroxyl groups is 1. The first kappa shape index (κ1) is 36.1. The molecule has 0 bridgehead atoms. The molecule has 57 heavy (non-hydrogen) atoms. The van der Waals surface area contributed by atoms with Crippen LogP contribution in [0.3, 0.4) is 0 Å². The number of aromatic nitrogens is 3. The number of hydrogen-bond acceptors (Lipinski definition) is 4. The Balaban J connectivity index is 0.00000422. The molecule has 0 aliphatic carbocycles. The van der Waals surface area contributed by atoms with Crippen LogP contribution in [0.15, 0.2) is 180 Å². The normalized spacial score (nSPS) is 11.6. The second-order valence-corrected chi connectivity index (χ2v) is 14.7. The van der Waals surface area contributed by atoms with Crippen molar-refractivity contribution in [3.8, 4) is 56.3 Å². The Kier molecular flexibility index (Phi) is 9.19. The van der Waals surface area contributed by atoms with Gasteiger partial charge in [0.2, 0.25) is 0 Å². The topological polar surface area (TPSA) is 64.1 Å². The molecule has 0 aliphatic heterocycles. The summed E-state index contributed by atoms with van der Waals surface area (Å²) in [6.45, 7) is 4.51. The molecule has 1 N–H and O–H groups in total. The maximum atomic E-state index is 11.3. The van der Waals surface area contributed by atoms with Crippen molar-refractivity contribution in [3.63, 3.8) is 0 Å². The van der Waals surface area contributed by atoms with Gasteiger partial charge in [-0.2, -0.15) is 0 Å². The van der Waals surface area contributed by atoms with Gasteiger partial charge in [0.05, 0.1) is 22.3 Å². The molecule has 0 atom stereocenters. The number of phenolic OH excluding ortho intramolecular Hbond substituents is 1. The molecular weight excluding hydrogens is 882 g/mol. The quantitative estimate of drug-likeness (QED) is 0.162. The molecule has 5 nitrogen and oxygen atoms in total.